The lowest BCUT2D eigenvalue weighted by molar-refractivity contribution is -0.139. The number of carboxylic acids is 1. The second-order valence-corrected chi connectivity index (χ2v) is 4.81. The van der Waals surface area contributed by atoms with E-state index < -0.39 is 5.97 Å². The smallest absolute Gasteiger partial charge is 0.305 e. The van der Waals surface area contributed by atoms with Crippen LogP contribution in [0.15, 0.2) is 24.3 Å². The van der Waals surface area contributed by atoms with Gasteiger partial charge in [-0.1, -0.05) is 26.0 Å². The minimum atomic E-state index is -0.903. The minimum absolute atomic E-state index is 0.0447. The average Bonchev–Trinajstić information content (AvgIpc) is 2.49. The number of amides is 1. The molecule has 0 heterocycles. The quantitative estimate of drug-likeness (QED) is 0.759. The molecule has 0 saturated heterocycles. The zero-order valence-electron chi connectivity index (χ0n) is 12.7. The van der Waals surface area contributed by atoms with Gasteiger partial charge in [0.25, 0.3) is 5.91 Å². The number of aryl methyl sites for hydroxylation is 1. The summed E-state index contributed by atoms with van der Waals surface area (Å²) in [6.07, 6.45) is 1.70. The van der Waals surface area contributed by atoms with E-state index in [0.717, 1.165) is 12.8 Å². The molecule has 1 N–H and O–H groups in total. The molecule has 0 bridgehead atoms. The van der Waals surface area contributed by atoms with Gasteiger partial charge in [-0.15, -0.1) is 0 Å². The fourth-order valence-electron chi connectivity index (χ4n) is 1.92. The summed E-state index contributed by atoms with van der Waals surface area (Å²) in [6, 6.07) is 7.61. The Morgan fingerprint density at radius 1 is 1.14 bits per heavy atom. The van der Waals surface area contributed by atoms with E-state index in [0.29, 0.717) is 12.3 Å². The van der Waals surface area contributed by atoms with Crippen molar-refractivity contribution in [2.45, 2.75) is 33.1 Å². The molecule has 1 aromatic carbocycles. The number of aliphatic carboxylic acids is 1. The SMILES string of the molecule is CCCN(CCC(=O)O)C(=O)COc1ccc(CC)cc1. The molecule has 0 fully saturated rings. The molecule has 5 nitrogen and oxygen atoms in total. The molecule has 0 atom stereocenters. The van der Waals surface area contributed by atoms with Crippen molar-refractivity contribution in [3.05, 3.63) is 29.8 Å². The lowest BCUT2D eigenvalue weighted by Gasteiger charge is -2.21. The molecule has 0 aromatic heterocycles. The van der Waals surface area contributed by atoms with E-state index in [1.165, 1.54) is 10.5 Å². The second kappa shape index (κ2) is 9.00. The van der Waals surface area contributed by atoms with Gasteiger partial charge in [0, 0.05) is 13.1 Å². The lowest BCUT2D eigenvalue weighted by Crippen LogP contribution is -2.37. The summed E-state index contributed by atoms with van der Waals surface area (Å²) in [4.78, 5) is 24.2. The molecule has 1 amide bonds. The van der Waals surface area contributed by atoms with Crippen molar-refractivity contribution in [1.29, 1.82) is 0 Å². The molecule has 0 radical (unpaired) electrons. The van der Waals surface area contributed by atoms with E-state index in [1.54, 1.807) is 0 Å². The van der Waals surface area contributed by atoms with Crippen LogP contribution in [0.5, 0.6) is 5.75 Å². The molecule has 21 heavy (non-hydrogen) atoms. The van der Waals surface area contributed by atoms with Gasteiger partial charge in [0.15, 0.2) is 6.61 Å². The summed E-state index contributed by atoms with van der Waals surface area (Å²) in [5.41, 5.74) is 1.21. The second-order valence-electron chi connectivity index (χ2n) is 4.81. The molecular weight excluding hydrogens is 270 g/mol. The standard InChI is InChI=1S/C16H23NO4/c1-3-10-17(11-9-16(19)20)15(18)12-21-14-7-5-13(4-2)6-8-14/h5-8H,3-4,9-12H2,1-2H3,(H,19,20). The summed E-state index contributed by atoms with van der Waals surface area (Å²) in [5, 5.41) is 8.70. The third kappa shape index (κ3) is 6.29. The number of ether oxygens (including phenoxy) is 1. The van der Waals surface area contributed by atoms with Gasteiger partial charge >= 0.3 is 5.97 Å². The van der Waals surface area contributed by atoms with Gasteiger partial charge in [-0.05, 0) is 30.5 Å². The van der Waals surface area contributed by atoms with E-state index >= 15 is 0 Å². The van der Waals surface area contributed by atoms with Crippen molar-refractivity contribution in [2.75, 3.05) is 19.7 Å². The topological polar surface area (TPSA) is 66.8 Å². The Balaban J connectivity index is 2.49. The van der Waals surface area contributed by atoms with Crippen molar-refractivity contribution in [1.82, 2.24) is 4.90 Å². The summed E-state index contributed by atoms with van der Waals surface area (Å²) in [7, 11) is 0. The van der Waals surface area contributed by atoms with Gasteiger partial charge in [-0.2, -0.15) is 0 Å². The molecule has 0 aliphatic carbocycles. The Morgan fingerprint density at radius 3 is 2.33 bits per heavy atom. The van der Waals surface area contributed by atoms with Crippen LogP contribution in [-0.2, 0) is 16.0 Å². The van der Waals surface area contributed by atoms with Crippen LogP contribution >= 0.6 is 0 Å². The fourth-order valence-corrected chi connectivity index (χ4v) is 1.92. The Morgan fingerprint density at radius 2 is 1.81 bits per heavy atom. The van der Waals surface area contributed by atoms with Crippen LogP contribution in [0.4, 0.5) is 0 Å². The maximum atomic E-state index is 12.1. The van der Waals surface area contributed by atoms with Crippen LogP contribution in [0.2, 0.25) is 0 Å². The van der Waals surface area contributed by atoms with Crippen molar-refractivity contribution in [2.24, 2.45) is 0 Å². The van der Waals surface area contributed by atoms with E-state index in [1.807, 2.05) is 31.2 Å². The number of carbonyl (C=O) groups excluding carboxylic acids is 1. The summed E-state index contributed by atoms with van der Waals surface area (Å²) in [6.45, 7) is 4.73. The first kappa shape index (κ1) is 17.0. The normalized spacial score (nSPS) is 10.2. The highest BCUT2D eigenvalue weighted by Crippen LogP contribution is 2.12. The number of carbonyl (C=O) groups is 2. The Kier molecular flexibility index (Phi) is 7.29. The number of hydrogen-bond acceptors (Lipinski definition) is 3. The van der Waals surface area contributed by atoms with Crippen molar-refractivity contribution < 1.29 is 19.4 Å². The van der Waals surface area contributed by atoms with Crippen LogP contribution in [0.25, 0.3) is 0 Å². The van der Waals surface area contributed by atoms with Crippen molar-refractivity contribution >= 4 is 11.9 Å². The summed E-state index contributed by atoms with van der Waals surface area (Å²) >= 11 is 0. The lowest BCUT2D eigenvalue weighted by atomic mass is 10.2. The predicted molar refractivity (Wildman–Crippen MR) is 80.4 cm³/mol. The monoisotopic (exact) mass is 293 g/mol. The Bertz CT molecular complexity index is 456. The van der Waals surface area contributed by atoms with Crippen LogP contribution in [0.3, 0.4) is 0 Å². The van der Waals surface area contributed by atoms with E-state index in [-0.39, 0.29) is 25.5 Å². The van der Waals surface area contributed by atoms with Gasteiger partial charge < -0.3 is 14.7 Å². The third-order valence-electron chi connectivity index (χ3n) is 3.14. The highest BCUT2D eigenvalue weighted by atomic mass is 16.5. The van der Waals surface area contributed by atoms with E-state index in [4.69, 9.17) is 9.84 Å². The van der Waals surface area contributed by atoms with Gasteiger partial charge in [0.1, 0.15) is 5.75 Å². The zero-order chi connectivity index (χ0) is 15.7. The number of nitrogens with zero attached hydrogens (tertiary/aromatic N) is 1. The van der Waals surface area contributed by atoms with Gasteiger partial charge in [-0.25, -0.2) is 0 Å². The fraction of sp³-hybridized carbons (Fsp3) is 0.500. The van der Waals surface area contributed by atoms with Crippen molar-refractivity contribution in [3.63, 3.8) is 0 Å². The number of rotatable bonds is 9. The number of benzene rings is 1. The first-order valence-corrected chi connectivity index (χ1v) is 7.28. The largest absolute Gasteiger partial charge is 0.484 e. The highest BCUT2D eigenvalue weighted by Gasteiger charge is 2.14. The molecule has 0 spiro atoms. The molecule has 0 unspecified atom stereocenters. The molecule has 1 rings (SSSR count). The summed E-state index contributed by atoms with van der Waals surface area (Å²) < 4.78 is 5.46. The first-order chi connectivity index (χ1) is 10.1. The van der Waals surface area contributed by atoms with Crippen LogP contribution in [-0.4, -0.2) is 41.6 Å². The van der Waals surface area contributed by atoms with Crippen molar-refractivity contribution in [3.8, 4) is 5.75 Å². The molecule has 0 aliphatic heterocycles. The number of hydrogen-bond donors (Lipinski definition) is 1. The van der Waals surface area contributed by atoms with Gasteiger partial charge in [0.2, 0.25) is 0 Å². The third-order valence-corrected chi connectivity index (χ3v) is 3.14. The van der Waals surface area contributed by atoms with Gasteiger partial charge in [-0.3, -0.25) is 9.59 Å². The molecule has 116 valence electrons. The van der Waals surface area contributed by atoms with Crippen LogP contribution in [0, 0.1) is 0 Å². The zero-order valence-corrected chi connectivity index (χ0v) is 12.7. The van der Waals surface area contributed by atoms with E-state index in [9.17, 15) is 9.59 Å². The molecule has 0 saturated carbocycles. The molecule has 1 aromatic rings. The van der Waals surface area contributed by atoms with E-state index in [2.05, 4.69) is 6.92 Å². The Labute approximate surface area is 125 Å². The molecular formula is C16H23NO4. The van der Waals surface area contributed by atoms with Gasteiger partial charge in [0.05, 0.1) is 6.42 Å². The maximum Gasteiger partial charge on any atom is 0.305 e. The van der Waals surface area contributed by atoms with Crippen LogP contribution < -0.4 is 4.74 Å². The highest BCUT2D eigenvalue weighted by molar-refractivity contribution is 5.78. The minimum Gasteiger partial charge on any atom is -0.484 e. The average molecular weight is 293 g/mol. The molecule has 0 aliphatic rings. The Hall–Kier alpha value is -2.04. The number of carboxylic acid groups (broad SMARTS) is 1. The maximum absolute atomic E-state index is 12.1. The molecule has 5 heteroatoms. The van der Waals surface area contributed by atoms with Crippen LogP contribution in [0.1, 0.15) is 32.3 Å². The predicted octanol–water partition coefficient (Wildman–Crippen LogP) is 2.34. The first-order valence-electron chi connectivity index (χ1n) is 7.28. The summed E-state index contributed by atoms with van der Waals surface area (Å²) in [5.74, 6) is -0.437.